The number of nitrogens with one attached hydrogen (secondary N) is 1. The predicted octanol–water partition coefficient (Wildman–Crippen LogP) is 9.28. The van der Waals surface area contributed by atoms with Crippen molar-refractivity contribution in [3.8, 4) is 0 Å². The van der Waals surface area contributed by atoms with Crippen LogP contribution in [0.1, 0.15) is 123 Å². The molecule has 0 aromatic rings. The molecular formula is C37H61NO5S. The highest BCUT2D eigenvalue weighted by Crippen LogP contribution is 2.10. The Morgan fingerprint density at radius 1 is 0.636 bits per heavy atom. The minimum atomic E-state index is -4.36. The van der Waals surface area contributed by atoms with Crippen molar-refractivity contribution in [2.24, 2.45) is 0 Å². The molecule has 0 aliphatic heterocycles. The van der Waals surface area contributed by atoms with Crippen molar-refractivity contribution < 1.29 is 22.9 Å². The van der Waals surface area contributed by atoms with E-state index in [4.69, 9.17) is 0 Å². The molecule has 3 N–H and O–H groups in total. The molecule has 250 valence electrons. The fraction of sp³-hybridized carbons (Fsp3) is 0.595. The number of hydrogen-bond acceptors (Lipinski definition) is 4. The van der Waals surface area contributed by atoms with Crippen LogP contribution in [0.15, 0.2) is 85.1 Å². The van der Waals surface area contributed by atoms with Gasteiger partial charge in [0.05, 0.1) is 17.9 Å². The first-order chi connectivity index (χ1) is 21.3. The molecule has 44 heavy (non-hydrogen) atoms. The minimum Gasteiger partial charge on any atom is -0.387 e. The lowest BCUT2D eigenvalue weighted by Gasteiger charge is -2.20. The lowest BCUT2D eigenvalue weighted by molar-refractivity contribution is -0.122. The van der Waals surface area contributed by atoms with Crippen LogP contribution in [-0.4, -0.2) is 41.9 Å². The first-order valence-corrected chi connectivity index (χ1v) is 18.4. The Balaban J connectivity index is 4.20. The molecule has 0 aliphatic carbocycles. The molecule has 0 saturated heterocycles. The summed E-state index contributed by atoms with van der Waals surface area (Å²) in [5.74, 6) is -1.10. The van der Waals surface area contributed by atoms with Crippen LogP contribution in [0.3, 0.4) is 0 Å². The number of unbranched alkanes of at least 4 members (excludes halogenated alkanes) is 8. The van der Waals surface area contributed by atoms with E-state index in [9.17, 15) is 22.9 Å². The highest BCUT2D eigenvalue weighted by atomic mass is 32.2. The quantitative estimate of drug-likeness (QED) is 0.0454. The van der Waals surface area contributed by atoms with Crippen molar-refractivity contribution in [2.75, 3.05) is 5.75 Å². The van der Waals surface area contributed by atoms with Gasteiger partial charge in [-0.1, -0.05) is 144 Å². The maximum absolute atomic E-state index is 12.4. The molecule has 1 amide bonds. The van der Waals surface area contributed by atoms with Gasteiger partial charge in [-0.15, -0.1) is 0 Å². The second kappa shape index (κ2) is 30.5. The van der Waals surface area contributed by atoms with Crippen LogP contribution >= 0.6 is 0 Å². The number of rotatable bonds is 28. The van der Waals surface area contributed by atoms with Crippen LogP contribution in [0, 0.1) is 0 Å². The van der Waals surface area contributed by atoms with Crippen LogP contribution in [0.25, 0.3) is 0 Å². The van der Waals surface area contributed by atoms with E-state index >= 15 is 0 Å². The number of aliphatic hydroxyl groups excluding tert-OH is 1. The molecule has 0 rings (SSSR count). The summed E-state index contributed by atoms with van der Waals surface area (Å²) in [6.45, 7) is 4.35. The van der Waals surface area contributed by atoms with Gasteiger partial charge in [0.25, 0.3) is 10.1 Å². The monoisotopic (exact) mass is 631 g/mol. The third kappa shape index (κ3) is 31.0. The van der Waals surface area contributed by atoms with E-state index in [0.29, 0.717) is 6.42 Å². The third-order valence-electron chi connectivity index (χ3n) is 6.84. The fourth-order valence-corrected chi connectivity index (χ4v) is 5.09. The molecule has 7 heteroatoms. The number of carbonyl (C=O) groups excluding carboxylic acids is 1. The summed E-state index contributed by atoms with van der Waals surface area (Å²) in [5, 5.41) is 13.0. The van der Waals surface area contributed by atoms with E-state index in [2.05, 4.69) is 79.9 Å². The van der Waals surface area contributed by atoms with Crippen molar-refractivity contribution in [3.05, 3.63) is 85.1 Å². The van der Waals surface area contributed by atoms with Gasteiger partial charge >= 0.3 is 0 Å². The molecule has 0 saturated carbocycles. The number of carbonyl (C=O) groups is 1. The van der Waals surface area contributed by atoms with Gasteiger partial charge < -0.3 is 10.4 Å². The van der Waals surface area contributed by atoms with Gasteiger partial charge in [-0.3, -0.25) is 9.35 Å². The van der Waals surface area contributed by atoms with Gasteiger partial charge in [-0.05, 0) is 57.8 Å². The molecule has 0 aliphatic rings. The molecule has 0 aromatic heterocycles. The number of aliphatic hydroxyl groups is 1. The fourth-order valence-electron chi connectivity index (χ4n) is 4.35. The smallest absolute Gasteiger partial charge is 0.267 e. The molecule has 6 nitrogen and oxygen atoms in total. The standard InChI is InChI=1S/C37H61NO5S/c1-3-5-7-9-11-13-15-16-17-18-19-20-21-22-23-25-27-29-31-33-37(40)38-35(34-44(41,42)43)36(39)32-30-28-26-24-14-12-10-8-6-4-2/h5,7,11,13,16-17,19-20,22-23,27,29-30,32,35-36,39H,3-4,6,8-10,12,14-15,18,21,24-26,28,31,33-34H2,1-2H3,(H,38,40)(H,41,42,43)/b7-5-,13-11-,17-16-,20-19-,23-22-,29-27-,32-30+. The Labute approximate surface area is 269 Å². The zero-order valence-corrected chi connectivity index (χ0v) is 28.3. The SMILES string of the molecule is CC/C=C\C/C=C\C/C=C\C/C=C\C/C=C\C/C=C\CCC(=O)NC(CS(=O)(=O)O)C(O)/C=C/CCCCCCCCCC. The van der Waals surface area contributed by atoms with Crippen LogP contribution in [-0.2, 0) is 14.9 Å². The maximum atomic E-state index is 12.4. The summed E-state index contributed by atoms with van der Waals surface area (Å²) in [6, 6.07) is -1.10. The maximum Gasteiger partial charge on any atom is 0.267 e. The second-order valence-corrected chi connectivity index (χ2v) is 12.6. The Bertz CT molecular complexity index is 1000. The highest BCUT2D eigenvalue weighted by Gasteiger charge is 2.24. The van der Waals surface area contributed by atoms with Gasteiger partial charge in [0.2, 0.25) is 5.91 Å². The van der Waals surface area contributed by atoms with Crippen molar-refractivity contribution >= 4 is 16.0 Å². The average molecular weight is 632 g/mol. The van der Waals surface area contributed by atoms with Gasteiger partial charge in [0, 0.05) is 6.42 Å². The normalized spacial score (nSPS) is 14.5. The molecule has 2 atom stereocenters. The molecule has 0 bridgehead atoms. The Kier molecular flexibility index (Phi) is 28.8. The second-order valence-electron chi connectivity index (χ2n) is 11.1. The van der Waals surface area contributed by atoms with E-state index in [1.54, 1.807) is 0 Å². The lowest BCUT2D eigenvalue weighted by Crippen LogP contribution is -2.46. The van der Waals surface area contributed by atoms with Crippen LogP contribution in [0.5, 0.6) is 0 Å². The number of allylic oxidation sites excluding steroid dienone is 13. The van der Waals surface area contributed by atoms with Crippen LogP contribution in [0.4, 0.5) is 0 Å². The van der Waals surface area contributed by atoms with Gasteiger partial charge in [-0.2, -0.15) is 8.42 Å². The van der Waals surface area contributed by atoms with Crippen LogP contribution < -0.4 is 5.32 Å². The number of amides is 1. The molecule has 0 aromatic carbocycles. The lowest BCUT2D eigenvalue weighted by atomic mass is 10.1. The minimum absolute atomic E-state index is 0.166. The van der Waals surface area contributed by atoms with Gasteiger partial charge in [0.1, 0.15) is 0 Å². The van der Waals surface area contributed by atoms with Crippen molar-refractivity contribution in [1.29, 1.82) is 0 Å². The largest absolute Gasteiger partial charge is 0.387 e. The van der Waals surface area contributed by atoms with Crippen molar-refractivity contribution in [2.45, 2.75) is 135 Å². The van der Waals surface area contributed by atoms with Gasteiger partial charge in [0.15, 0.2) is 0 Å². The Hall–Kier alpha value is -2.48. The zero-order chi connectivity index (χ0) is 32.6. The first kappa shape index (κ1) is 41.5. The topological polar surface area (TPSA) is 104 Å². The Morgan fingerprint density at radius 2 is 1.09 bits per heavy atom. The molecule has 0 radical (unpaired) electrons. The van der Waals surface area contributed by atoms with Gasteiger partial charge in [-0.25, -0.2) is 0 Å². The first-order valence-electron chi connectivity index (χ1n) is 16.8. The summed E-state index contributed by atoms with van der Waals surface area (Å²) in [7, 11) is -4.36. The molecular weight excluding hydrogens is 570 g/mol. The average Bonchev–Trinajstić information content (AvgIpc) is 2.98. The summed E-state index contributed by atoms with van der Waals surface area (Å²) in [6.07, 6.45) is 44.3. The zero-order valence-electron chi connectivity index (χ0n) is 27.5. The molecule has 2 unspecified atom stereocenters. The van der Waals surface area contributed by atoms with E-state index in [0.717, 1.165) is 57.8 Å². The van der Waals surface area contributed by atoms with E-state index < -0.39 is 28.0 Å². The third-order valence-corrected chi connectivity index (χ3v) is 7.62. The summed E-state index contributed by atoms with van der Waals surface area (Å²) in [5.41, 5.74) is 0. The van der Waals surface area contributed by atoms with E-state index in [1.807, 2.05) is 18.2 Å². The Morgan fingerprint density at radius 3 is 1.57 bits per heavy atom. The van der Waals surface area contributed by atoms with E-state index in [1.165, 1.54) is 44.6 Å². The van der Waals surface area contributed by atoms with Crippen molar-refractivity contribution in [1.82, 2.24) is 5.32 Å². The molecule has 0 fully saturated rings. The summed E-state index contributed by atoms with van der Waals surface area (Å²) < 4.78 is 32.2. The number of hydrogen-bond donors (Lipinski definition) is 3. The summed E-state index contributed by atoms with van der Waals surface area (Å²) in [4.78, 5) is 12.4. The van der Waals surface area contributed by atoms with Crippen molar-refractivity contribution in [3.63, 3.8) is 0 Å². The molecule has 0 spiro atoms. The molecule has 0 heterocycles. The predicted molar refractivity (Wildman–Crippen MR) is 188 cm³/mol. The summed E-state index contributed by atoms with van der Waals surface area (Å²) >= 11 is 0. The van der Waals surface area contributed by atoms with Crippen LogP contribution in [0.2, 0.25) is 0 Å². The highest BCUT2D eigenvalue weighted by molar-refractivity contribution is 7.85. The van der Waals surface area contributed by atoms with E-state index in [-0.39, 0.29) is 12.3 Å².